The Kier molecular flexibility index (Phi) is 5.98. The van der Waals surface area contributed by atoms with Crippen molar-refractivity contribution in [2.24, 2.45) is 0 Å². The number of carbonyl (C=O) groups excluding carboxylic acids is 1. The molecule has 8 nitrogen and oxygen atoms in total. The van der Waals surface area contributed by atoms with Crippen molar-refractivity contribution in [2.75, 3.05) is 19.0 Å². The molecule has 0 saturated heterocycles. The molecule has 2 amide bonds. The summed E-state index contributed by atoms with van der Waals surface area (Å²) >= 11 is 0. The SMILES string of the molecule is COc1cc(C#N)ccc1NC(=O)NCC[C@H](O)C(=O)O. The summed E-state index contributed by atoms with van der Waals surface area (Å²) < 4.78 is 5.05. The molecular formula is C13H15N3O5. The van der Waals surface area contributed by atoms with Crippen LogP contribution < -0.4 is 15.4 Å². The third-order valence-electron chi connectivity index (χ3n) is 2.57. The van der Waals surface area contributed by atoms with Gasteiger partial charge in [0, 0.05) is 19.0 Å². The number of carboxylic acids is 1. The van der Waals surface area contributed by atoms with E-state index >= 15 is 0 Å². The van der Waals surface area contributed by atoms with Gasteiger partial charge in [-0.05, 0) is 12.1 Å². The molecule has 0 spiro atoms. The van der Waals surface area contributed by atoms with Crippen LogP contribution in [0.1, 0.15) is 12.0 Å². The van der Waals surface area contributed by atoms with Crippen molar-refractivity contribution in [2.45, 2.75) is 12.5 Å². The second kappa shape index (κ2) is 7.72. The highest BCUT2D eigenvalue weighted by molar-refractivity contribution is 5.91. The third kappa shape index (κ3) is 5.00. The summed E-state index contributed by atoms with van der Waals surface area (Å²) in [6, 6.07) is 5.89. The largest absolute Gasteiger partial charge is 0.495 e. The fraction of sp³-hybridized carbons (Fsp3) is 0.308. The van der Waals surface area contributed by atoms with Crippen LogP contribution in [0.2, 0.25) is 0 Å². The number of carbonyl (C=O) groups is 2. The van der Waals surface area contributed by atoms with Gasteiger partial charge in [-0.15, -0.1) is 0 Å². The van der Waals surface area contributed by atoms with E-state index in [1.807, 2.05) is 6.07 Å². The summed E-state index contributed by atoms with van der Waals surface area (Å²) in [7, 11) is 1.41. The van der Waals surface area contributed by atoms with E-state index in [9.17, 15) is 9.59 Å². The van der Waals surface area contributed by atoms with Gasteiger partial charge in [-0.3, -0.25) is 0 Å². The lowest BCUT2D eigenvalue weighted by molar-refractivity contribution is -0.146. The predicted octanol–water partition coefficient (Wildman–Crippen LogP) is 0.524. The van der Waals surface area contributed by atoms with Crippen LogP contribution >= 0.6 is 0 Å². The quantitative estimate of drug-likeness (QED) is 0.604. The smallest absolute Gasteiger partial charge is 0.332 e. The van der Waals surface area contributed by atoms with Crippen molar-refractivity contribution >= 4 is 17.7 Å². The fourth-order valence-corrected chi connectivity index (χ4v) is 1.48. The number of benzene rings is 1. The zero-order valence-corrected chi connectivity index (χ0v) is 11.3. The molecule has 0 unspecified atom stereocenters. The van der Waals surface area contributed by atoms with E-state index in [0.29, 0.717) is 17.0 Å². The fourth-order valence-electron chi connectivity index (χ4n) is 1.48. The van der Waals surface area contributed by atoms with E-state index in [1.54, 1.807) is 0 Å². The number of urea groups is 1. The van der Waals surface area contributed by atoms with Crippen LogP contribution in [0.4, 0.5) is 10.5 Å². The number of aliphatic hydroxyl groups is 1. The van der Waals surface area contributed by atoms with Crippen LogP contribution in [0.15, 0.2) is 18.2 Å². The summed E-state index contributed by atoms with van der Waals surface area (Å²) in [5.74, 6) is -1.01. The van der Waals surface area contributed by atoms with Crippen LogP contribution in [-0.4, -0.2) is 42.0 Å². The Balaban J connectivity index is 2.55. The molecule has 0 aliphatic carbocycles. The number of carboxylic acid groups (broad SMARTS) is 1. The molecule has 0 saturated carbocycles. The van der Waals surface area contributed by atoms with Crippen molar-refractivity contribution < 1.29 is 24.5 Å². The number of aliphatic hydroxyl groups excluding tert-OH is 1. The molecule has 0 radical (unpaired) electrons. The lowest BCUT2D eigenvalue weighted by Crippen LogP contribution is -2.33. The Morgan fingerprint density at radius 1 is 1.48 bits per heavy atom. The van der Waals surface area contributed by atoms with Gasteiger partial charge in [0.1, 0.15) is 5.75 Å². The molecule has 1 atom stereocenters. The molecule has 1 aromatic rings. The Morgan fingerprint density at radius 3 is 2.76 bits per heavy atom. The maximum Gasteiger partial charge on any atom is 0.332 e. The van der Waals surface area contributed by atoms with E-state index in [-0.39, 0.29) is 13.0 Å². The van der Waals surface area contributed by atoms with Gasteiger partial charge in [-0.25, -0.2) is 9.59 Å². The first-order valence-electron chi connectivity index (χ1n) is 6.01. The number of amides is 2. The Hall–Kier alpha value is -2.79. The number of rotatable bonds is 6. The molecule has 0 heterocycles. The molecule has 0 aromatic heterocycles. The van der Waals surface area contributed by atoms with Gasteiger partial charge in [-0.1, -0.05) is 0 Å². The lowest BCUT2D eigenvalue weighted by Gasteiger charge is -2.12. The zero-order valence-electron chi connectivity index (χ0n) is 11.3. The molecule has 112 valence electrons. The van der Waals surface area contributed by atoms with E-state index in [0.717, 1.165) is 0 Å². The average Bonchev–Trinajstić information content (AvgIpc) is 2.47. The minimum atomic E-state index is -1.52. The molecule has 0 fully saturated rings. The van der Waals surface area contributed by atoms with Gasteiger partial charge in [-0.2, -0.15) is 5.26 Å². The molecule has 1 rings (SSSR count). The van der Waals surface area contributed by atoms with E-state index in [1.165, 1.54) is 25.3 Å². The van der Waals surface area contributed by atoms with Crippen molar-refractivity contribution in [3.05, 3.63) is 23.8 Å². The molecule has 0 bridgehead atoms. The molecule has 8 heteroatoms. The number of anilines is 1. The number of nitrogens with one attached hydrogen (secondary N) is 2. The number of nitrogens with zero attached hydrogens (tertiary/aromatic N) is 1. The van der Waals surface area contributed by atoms with Gasteiger partial charge < -0.3 is 25.6 Å². The lowest BCUT2D eigenvalue weighted by atomic mass is 10.2. The van der Waals surface area contributed by atoms with Crippen LogP contribution in [0.3, 0.4) is 0 Å². The van der Waals surface area contributed by atoms with Gasteiger partial charge in [0.05, 0.1) is 24.4 Å². The molecule has 0 aliphatic rings. The number of ether oxygens (including phenoxy) is 1. The van der Waals surface area contributed by atoms with Crippen molar-refractivity contribution in [3.63, 3.8) is 0 Å². The second-order valence-electron chi connectivity index (χ2n) is 4.05. The van der Waals surface area contributed by atoms with Crippen molar-refractivity contribution in [3.8, 4) is 11.8 Å². The van der Waals surface area contributed by atoms with Crippen LogP contribution in [0.25, 0.3) is 0 Å². The van der Waals surface area contributed by atoms with Crippen LogP contribution in [0.5, 0.6) is 5.75 Å². The van der Waals surface area contributed by atoms with E-state index < -0.39 is 18.1 Å². The third-order valence-corrected chi connectivity index (χ3v) is 2.57. The standard InChI is InChI=1S/C13H15N3O5/c1-21-11-6-8(7-14)2-3-9(11)16-13(20)15-5-4-10(17)12(18)19/h2-3,6,10,17H,4-5H2,1H3,(H,18,19)(H2,15,16,20)/t10-/m0/s1. The first kappa shape index (κ1) is 16.3. The van der Waals surface area contributed by atoms with E-state index in [2.05, 4.69) is 10.6 Å². The van der Waals surface area contributed by atoms with Crippen molar-refractivity contribution in [1.29, 1.82) is 5.26 Å². The Bertz CT molecular complexity index is 567. The minimum absolute atomic E-state index is 0.00209. The summed E-state index contributed by atoms with van der Waals surface area (Å²) in [5, 5.41) is 31.2. The summed E-state index contributed by atoms with van der Waals surface area (Å²) in [6.07, 6.45) is -1.62. The monoisotopic (exact) mass is 293 g/mol. The molecule has 21 heavy (non-hydrogen) atoms. The first-order chi connectivity index (χ1) is 9.97. The Morgan fingerprint density at radius 2 is 2.19 bits per heavy atom. The summed E-state index contributed by atoms with van der Waals surface area (Å²) in [5.41, 5.74) is 0.759. The number of nitriles is 1. The number of hydrogen-bond donors (Lipinski definition) is 4. The zero-order chi connectivity index (χ0) is 15.8. The average molecular weight is 293 g/mol. The summed E-state index contributed by atoms with van der Waals surface area (Å²) in [6.45, 7) is -0.00209. The molecule has 1 aromatic carbocycles. The maximum absolute atomic E-state index is 11.6. The second-order valence-corrected chi connectivity index (χ2v) is 4.05. The molecular weight excluding hydrogens is 278 g/mol. The highest BCUT2D eigenvalue weighted by atomic mass is 16.5. The van der Waals surface area contributed by atoms with Gasteiger partial charge in [0.25, 0.3) is 0 Å². The molecule has 4 N–H and O–H groups in total. The topological polar surface area (TPSA) is 132 Å². The Labute approximate surface area is 121 Å². The van der Waals surface area contributed by atoms with Gasteiger partial charge in [0.15, 0.2) is 6.10 Å². The highest BCUT2D eigenvalue weighted by Crippen LogP contribution is 2.25. The van der Waals surface area contributed by atoms with Crippen LogP contribution in [-0.2, 0) is 4.79 Å². The van der Waals surface area contributed by atoms with Gasteiger partial charge >= 0.3 is 12.0 Å². The minimum Gasteiger partial charge on any atom is -0.495 e. The van der Waals surface area contributed by atoms with Crippen molar-refractivity contribution in [1.82, 2.24) is 5.32 Å². The molecule has 0 aliphatic heterocycles. The highest BCUT2D eigenvalue weighted by Gasteiger charge is 2.13. The van der Waals surface area contributed by atoms with E-state index in [4.69, 9.17) is 20.2 Å². The van der Waals surface area contributed by atoms with Crippen LogP contribution in [0, 0.1) is 11.3 Å². The number of methoxy groups -OCH3 is 1. The first-order valence-corrected chi connectivity index (χ1v) is 6.01. The van der Waals surface area contributed by atoms with Gasteiger partial charge in [0.2, 0.25) is 0 Å². The maximum atomic E-state index is 11.6. The normalized spacial score (nSPS) is 11.1. The summed E-state index contributed by atoms with van der Waals surface area (Å²) in [4.78, 5) is 22.0. The predicted molar refractivity (Wildman–Crippen MR) is 73.0 cm³/mol. The number of hydrogen-bond acceptors (Lipinski definition) is 5. The number of aliphatic carboxylic acids is 1.